The van der Waals surface area contributed by atoms with Crippen molar-refractivity contribution in [1.82, 2.24) is 0 Å². The van der Waals surface area contributed by atoms with Crippen LogP contribution in [-0.2, 0) is 32.2 Å². The molecular formula is C22H24F2O4. The summed E-state index contributed by atoms with van der Waals surface area (Å²) in [5.74, 6) is -5.26. The van der Waals surface area contributed by atoms with Crippen LogP contribution < -0.4 is 0 Å². The van der Waals surface area contributed by atoms with Crippen molar-refractivity contribution in [3.05, 3.63) is 71.8 Å². The van der Waals surface area contributed by atoms with Gasteiger partial charge in [0.2, 0.25) is 0 Å². The van der Waals surface area contributed by atoms with Gasteiger partial charge in [0.1, 0.15) is 0 Å². The van der Waals surface area contributed by atoms with E-state index in [0.29, 0.717) is 0 Å². The monoisotopic (exact) mass is 390 g/mol. The van der Waals surface area contributed by atoms with Gasteiger partial charge in [-0.2, -0.15) is 0 Å². The molecule has 1 aliphatic rings. The van der Waals surface area contributed by atoms with Crippen LogP contribution in [0.4, 0.5) is 8.78 Å². The van der Waals surface area contributed by atoms with Crippen LogP contribution in [0.15, 0.2) is 60.7 Å². The standard InChI is InChI=1S/C22H24F2O4/c1-2-18-20(27-14-17-11-7-4-8-12-17)21(25)28-19(22(18,23)24)15-26-13-16-9-5-3-6-10-16/h3-12,18-20H,2,13-15H2,1H3/t18-,19-,20-/m1/s1. The van der Waals surface area contributed by atoms with E-state index in [2.05, 4.69) is 0 Å². The Morgan fingerprint density at radius 2 is 1.54 bits per heavy atom. The lowest BCUT2D eigenvalue weighted by molar-refractivity contribution is -0.251. The van der Waals surface area contributed by atoms with Crippen molar-refractivity contribution >= 4 is 5.97 Å². The quantitative estimate of drug-likeness (QED) is 0.628. The first-order chi connectivity index (χ1) is 13.5. The zero-order chi connectivity index (χ0) is 20.0. The first-order valence-electron chi connectivity index (χ1n) is 9.38. The van der Waals surface area contributed by atoms with Gasteiger partial charge in [0.25, 0.3) is 5.92 Å². The van der Waals surface area contributed by atoms with Crippen LogP contribution in [0.1, 0.15) is 24.5 Å². The molecule has 0 amide bonds. The predicted molar refractivity (Wildman–Crippen MR) is 99.7 cm³/mol. The number of esters is 1. The fourth-order valence-corrected chi connectivity index (χ4v) is 3.32. The molecule has 0 radical (unpaired) electrons. The molecule has 0 aliphatic carbocycles. The van der Waals surface area contributed by atoms with Crippen molar-refractivity contribution in [2.45, 2.75) is 44.7 Å². The maximum Gasteiger partial charge on any atom is 0.336 e. The second kappa shape index (κ2) is 9.26. The largest absolute Gasteiger partial charge is 0.452 e. The average Bonchev–Trinajstić information content (AvgIpc) is 2.70. The normalized spacial score (nSPS) is 24.0. The molecule has 0 saturated carbocycles. The Balaban J connectivity index is 1.62. The Kier molecular flexibility index (Phi) is 6.75. The summed E-state index contributed by atoms with van der Waals surface area (Å²) in [4.78, 5) is 12.4. The minimum Gasteiger partial charge on any atom is -0.452 e. The van der Waals surface area contributed by atoms with E-state index in [1.54, 1.807) is 6.92 Å². The van der Waals surface area contributed by atoms with Crippen LogP contribution in [0.25, 0.3) is 0 Å². The molecule has 4 nitrogen and oxygen atoms in total. The van der Waals surface area contributed by atoms with Gasteiger partial charge in [0, 0.05) is 0 Å². The minimum absolute atomic E-state index is 0.0718. The molecule has 0 bridgehead atoms. The molecular weight excluding hydrogens is 366 g/mol. The maximum atomic E-state index is 15.0. The number of halogens is 2. The molecule has 2 aromatic rings. The molecule has 0 unspecified atom stereocenters. The smallest absolute Gasteiger partial charge is 0.336 e. The van der Waals surface area contributed by atoms with Crippen molar-refractivity contribution in [3.63, 3.8) is 0 Å². The summed E-state index contributed by atoms with van der Waals surface area (Å²) in [6.45, 7) is 1.51. The molecule has 28 heavy (non-hydrogen) atoms. The molecule has 6 heteroatoms. The molecule has 3 atom stereocenters. The van der Waals surface area contributed by atoms with E-state index in [1.807, 2.05) is 60.7 Å². The Hall–Kier alpha value is -2.31. The van der Waals surface area contributed by atoms with E-state index in [1.165, 1.54) is 0 Å². The number of hydrogen-bond donors (Lipinski definition) is 0. The SMILES string of the molecule is CC[C@@H]1[C@@H](OCc2ccccc2)C(=O)O[C@H](COCc2ccccc2)C1(F)F. The van der Waals surface area contributed by atoms with E-state index in [-0.39, 0.29) is 26.2 Å². The Morgan fingerprint density at radius 1 is 0.964 bits per heavy atom. The Bertz CT molecular complexity index is 752. The number of alkyl halides is 2. The van der Waals surface area contributed by atoms with Crippen molar-refractivity contribution in [1.29, 1.82) is 0 Å². The number of rotatable bonds is 8. The van der Waals surface area contributed by atoms with Gasteiger partial charge >= 0.3 is 5.97 Å². The van der Waals surface area contributed by atoms with Gasteiger partial charge in [-0.15, -0.1) is 0 Å². The highest BCUT2D eigenvalue weighted by Gasteiger charge is 2.58. The first kappa shape index (κ1) is 20.4. The molecule has 0 spiro atoms. The lowest BCUT2D eigenvalue weighted by atomic mass is 9.86. The van der Waals surface area contributed by atoms with Crippen molar-refractivity contribution in [2.75, 3.05) is 6.61 Å². The Morgan fingerprint density at radius 3 is 2.11 bits per heavy atom. The van der Waals surface area contributed by atoms with Crippen LogP contribution in [0.5, 0.6) is 0 Å². The summed E-state index contributed by atoms with van der Waals surface area (Å²) in [6.07, 6.45) is -2.83. The molecule has 0 aromatic heterocycles. The van der Waals surface area contributed by atoms with Crippen LogP contribution >= 0.6 is 0 Å². The number of ether oxygens (including phenoxy) is 3. The highest BCUT2D eigenvalue weighted by Crippen LogP contribution is 2.40. The second-order valence-corrected chi connectivity index (χ2v) is 6.83. The minimum atomic E-state index is -3.24. The van der Waals surface area contributed by atoms with Gasteiger partial charge in [0.05, 0.1) is 25.7 Å². The topological polar surface area (TPSA) is 44.8 Å². The van der Waals surface area contributed by atoms with Crippen LogP contribution in [0.2, 0.25) is 0 Å². The second-order valence-electron chi connectivity index (χ2n) is 6.83. The van der Waals surface area contributed by atoms with Gasteiger partial charge in [-0.25, -0.2) is 13.6 Å². The van der Waals surface area contributed by atoms with Gasteiger partial charge in [-0.1, -0.05) is 67.6 Å². The van der Waals surface area contributed by atoms with Gasteiger partial charge in [-0.05, 0) is 17.5 Å². The predicted octanol–water partition coefficient (Wildman–Crippen LogP) is 4.38. The third-order valence-corrected chi connectivity index (χ3v) is 4.87. The van der Waals surface area contributed by atoms with Crippen LogP contribution in [0, 0.1) is 5.92 Å². The van der Waals surface area contributed by atoms with E-state index in [4.69, 9.17) is 14.2 Å². The molecule has 3 rings (SSSR count). The van der Waals surface area contributed by atoms with Crippen LogP contribution in [-0.4, -0.2) is 30.7 Å². The summed E-state index contributed by atoms with van der Waals surface area (Å²) in [7, 11) is 0. The molecule has 1 saturated heterocycles. The Labute approximate surface area is 163 Å². The summed E-state index contributed by atoms with van der Waals surface area (Å²) in [5, 5.41) is 0. The first-order valence-corrected chi connectivity index (χ1v) is 9.38. The van der Waals surface area contributed by atoms with Gasteiger partial charge < -0.3 is 14.2 Å². The summed E-state index contributed by atoms with van der Waals surface area (Å²) in [5.41, 5.74) is 1.67. The maximum absolute atomic E-state index is 15.0. The third-order valence-electron chi connectivity index (χ3n) is 4.87. The third kappa shape index (κ3) is 4.75. The highest BCUT2D eigenvalue weighted by molar-refractivity contribution is 5.76. The van der Waals surface area contributed by atoms with E-state index < -0.39 is 30.0 Å². The number of carbonyl (C=O) groups excluding carboxylic acids is 1. The number of hydrogen-bond acceptors (Lipinski definition) is 4. The van der Waals surface area contributed by atoms with E-state index in [0.717, 1.165) is 11.1 Å². The fourth-order valence-electron chi connectivity index (χ4n) is 3.32. The number of benzene rings is 2. The molecule has 1 heterocycles. The van der Waals surface area contributed by atoms with E-state index >= 15 is 0 Å². The number of carbonyl (C=O) groups is 1. The number of cyclic esters (lactones) is 1. The summed E-state index contributed by atoms with van der Waals surface area (Å²) >= 11 is 0. The average molecular weight is 390 g/mol. The zero-order valence-corrected chi connectivity index (χ0v) is 15.7. The molecule has 0 N–H and O–H groups in total. The fraction of sp³-hybridized carbons (Fsp3) is 0.409. The van der Waals surface area contributed by atoms with Crippen molar-refractivity contribution < 1.29 is 27.8 Å². The van der Waals surface area contributed by atoms with Crippen molar-refractivity contribution in [3.8, 4) is 0 Å². The highest BCUT2D eigenvalue weighted by atomic mass is 19.3. The lowest BCUT2D eigenvalue weighted by Crippen LogP contribution is -2.58. The summed E-state index contributed by atoms with van der Waals surface area (Å²) in [6, 6.07) is 18.4. The molecule has 150 valence electrons. The molecule has 1 aliphatic heterocycles. The molecule has 1 fully saturated rings. The van der Waals surface area contributed by atoms with Gasteiger partial charge in [0.15, 0.2) is 12.2 Å². The van der Waals surface area contributed by atoms with Gasteiger partial charge in [-0.3, -0.25) is 0 Å². The van der Waals surface area contributed by atoms with Crippen molar-refractivity contribution in [2.24, 2.45) is 5.92 Å². The zero-order valence-electron chi connectivity index (χ0n) is 15.7. The van der Waals surface area contributed by atoms with Crippen LogP contribution in [0.3, 0.4) is 0 Å². The molecule has 2 aromatic carbocycles. The van der Waals surface area contributed by atoms with E-state index in [9.17, 15) is 13.6 Å². The summed E-state index contributed by atoms with van der Waals surface area (Å²) < 4.78 is 45.9. The lowest BCUT2D eigenvalue weighted by Gasteiger charge is -2.40.